The van der Waals surface area contributed by atoms with Crippen molar-refractivity contribution < 1.29 is 11.3 Å². The fraction of sp³-hybridized carbons (Fsp3) is 0. The van der Waals surface area contributed by atoms with Gasteiger partial charge in [-0.3, -0.25) is 0 Å². The molecule has 0 N–H and O–H groups in total. The van der Waals surface area contributed by atoms with Crippen molar-refractivity contribution in [3.63, 3.8) is 0 Å². The van der Waals surface area contributed by atoms with Gasteiger partial charge in [-0.1, -0.05) is 152 Å². The van der Waals surface area contributed by atoms with Crippen LogP contribution in [0.3, 0.4) is 0 Å². The predicted molar refractivity (Wildman–Crippen MR) is 210 cm³/mol. The lowest BCUT2D eigenvalue weighted by Crippen LogP contribution is -2.10. The van der Waals surface area contributed by atoms with Crippen LogP contribution >= 0.6 is 0 Å². The van der Waals surface area contributed by atoms with Crippen molar-refractivity contribution in [3.05, 3.63) is 200 Å². The van der Waals surface area contributed by atoms with Gasteiger partial charge in [-0.2, -0.15) is 0 Å². The maximum Gasteiger partial charge on any atom is 0.137 e. The number of benzene rings is 8. The van der Waals surface area contributed by atoms with E-state index in [9.17, 15) is 0 Å². The maximum atomic E-state index is 8.54. The molecule has 0 aliphatic heterocycles. The molecule has 2 heteroatoms. The fourth-order valence-electron chi connectivity index (χ4n) is 6.79. The van der Waals surface area contributed by atoms with Crippen LogP contribution in [0.25, 0.3) is 66.4 Å². The Balaban J connectivity index is 1.17. The van der Waals surface area contributed by atoms with Gasteiger partial charge in [0.1, 0.15) is 11.2 Å². The second-order valence-corrected chi connectivity index (χ2v) is 12.2. The minimum atomic E-state index is -0.408. The number of rotatable bonds is 7. The average Bonchev–Trinajstić information content (AvgIpc) is 3.63. The van der Waals surface area contributed by atoms with Crippen LogP contribution in [0, 0.1) is 0 Å². The molecule has 0 saturated heterocycles. The normalized spacial score (nSPS) is 12.6. The topological polar surface area (TPSA) is 16.4 Å². The van der Waals surface area contributed by atoms with Crippen LogP contribution in [0.2, 0.25) is 0 Å². The molecule has 1 heterocycles. The van der Waals surface area contributed by atoms with Gasteiger partial charge in [0.05, 0.1) is 17.9 Å². The first-order valence-electron chi connectivity index (χ1n) is 19.1. The van der Waals surface area contributed by atoms with Gasteiger partial charge in [0.25, 0.3) is 0 Å². The molecule has 236 valence electrons. The Labute approximate surface area is 299 Å². The Hall–Kier alpha value is -6.64. The number of furan rings is 1. The monoisotopic (exact) mass is 644 g/mol. The lowest BCUT2D eigenvalue weighted by Gasteiger charge is -2.26. The molecule has 0 spiro atoms. The molecule has 9 aromatic rings. The number of anilines is 3. The van der Waals surface area contributed by atoms with E-state index in [0.29, 0.717) is 5.56 Å². The highest BCUT2D eigenvalue weighted by Gasteiger charge is 2.20. The average molecular weight is 645 g/mol. The van der Waals surface area contributed by atoms with E-state index >= 15 is 0 Å². The molecule has 0 atom stereocenters. The number of hydrogen-bond donors (Lipinski definition) is 0. The SMILES string of the molecule is [2H]c1c([2H])c([2H])c(-c2ccc(N(c3ccc(-c4ccc(-c5ccccc5)c(-c5ccccc5)c4)cc3)c3cccc4oc5ccccc5c34)cc2)c([2H])c1[2H]. The van der Waals surface area contributed by atoms with E-state index in [0.717, 1.165) is 66.8 Å². The number of para-hydroxylation sites is 1. The van der Waals surface area contributed by atoms with Gasteiger partial charge in [-0.05, 0) is 93.0 Å². The van der Waals surface area contributed by atoms with Gasteiger partial charge in [-0.15, -0.1) is 0 Å². The van der Waals surface area contributed by atoms with Crippen molar-refractivity contribution >= 4 is 39.0 Å². The van der Waals surface area contributed by atoms with Crippen molar-refractivity contribution in [2.24, 2.45) is 0 Å². The minimum absolute atomic E-state index is 0.171. The molecule has 0 radical (unpaired) electrons. The summed E-state index contributed by atoms with van der Waals surface area (Å²) >= 11 is 0. The summed E-state index contributed by atoms with van der Waals surface area (Å²) in [4.78, 5) is 2.17. The number of fused-ring (bicyclic) bond motifs is 3. The van der Waals surface area contributed by atoms with Crippen LogP contribution in [-0.4, -0.2) is 0 Å². The van der Waals surface area contributed by atoms with Gasteiger partial charge in [0.2, 0.25) is 0 Å². The summed E-state index contributed by atoms with van der Waals surface area (Å²) in [6.45, 7) is 0. The molecule has 0 amide bonds. The minimum Gasteiger partial charge on any atom is -0.456 e. The molecule has 0 aliphatic carbocycles. The van der Waals surface area contributed by atoms with Gasteiger partial charge in [-0.25, -0.2) is 0 Å². The summed E-state index contributed by atoms with van der Waals surface area (Å²) in [5, 5.41) is 1.97. The largest absolute Gasteiger partial charge is 0.456 e. The van der Waals surface area contributed by atoms with E-state index in [1.54, 1.807) is 0 Å². The zero-order valence-corrected chi connectivity index (χ0v) is 27.0. The number of hydrogen-bond acceptors (Lipinski definition) is 2. The molecular formula is C48H33NO. The maximum absolute atomic E-state index is 8.54. The van der Waals surface area contributed by atoms with Gasteiger partial charge < -0.3 is 9.32 Å². The Morgan fingerprint density at radius 3 is 1.64 bits per heavy atom. The van der Waals surface area contributed by atoms with E-state index in [2.05, 4.69) is 108 Å². The lowest BCUT2D eigenvalue weighted by molar-refractivity contribution is 0.669. The van der Waals surface area contributed by atoms with E-state index in [1.807, 2.05) is 66.7 Å². The van der Waals surface area contributed by atoms with Crippen molar-refractivity contribution in [2.45, 2.75) is 0 Å². The summed E-state index contributed by atoms with van der Waals surface area (Å²) < 4.78 is 47.8. The third kappa shape index (κ3) is 5.43. The van der Waals surface area contributed by atoms with Crippen LogP contribution in [0.15, 0.2) is 204 Å². The van der Waals surface area contributed by atoms with Crippen molar-refractivity contribution in [3.8, 4) is 44.5 Å². The molecule has 0 unspecified atom stereocenters. The highest BCUT2D eigenvalue weighted by atomic mass is 16.3. The van der Waals surface area contributed by atoms with Crippen molar-refractivity contribution in [1.82, 2.24) is 0 Å². The van der Waals surface area contributed by atoms with Crippen LogP contribution in [0.5, 0.6) is 0 Å². The summed E-state index contributed by atoms with van der Waals surface area (Å²) in [6.07, 6.45) is 0. The van der Waals surface area contributed by atoms with E-state index in [-0.39, 0.29) is 29.7 Å². The zero-order chi connectivity index (χ0) is 37.6. The molecular weight excluding hydrogens is 607 g/mol. The zero-order valence-electron chi connectivity index (χ0n) is 32.0. The molecule has 9 rings (SSSR count). The highest BCUT2D eigenvalue weighted by molar-refractivity contribution is 6.13. The third-order valence-electron chi connectivity index (χ3n) is 9.18. The lowest BCUT2D eigenvalue weighted by atomic mass is 9.91. The third-order valence-corrected chi connectivity index (χ3v) is 9.18. The molecule has 0 aliphatic rings. The molecule has 0 fully saturated rings. The molecule has 8 aromatic carbocycles. The standard InChI is InChI=1S/C48H33NO/c1-4-13-34(14-5-1)35-23-28-40(29-24-35)49(45-20-12-22-47-48(45)43-19-10-11-21-46(43)50-47)41-30-25-36(26-31-41)39-27-32-42(37-15-6-2-7-16-37)44(33-39)38-17-8-3-9-18-38/h1-33H/i1D,4D,5D,13D,14D. The first kappa shape index (κ1) is 24.5. The summed E-state index contributed by atoms with van der Waals surface area (Å²) in [6, 6.07) is 56.1. The van der Waals surface area contributed by atoms with Crippen LogP contribution in [-0.2, 0) is 0 Å². The predicted octanol–water partition coefficient (Wildman–Crippen LogP) is 13.7. The van der Waals surface area contributed by atoms with Crippen LogP contribution < -0.4 is 4.90 Å². The van der Waals surface area contributed by atoms with Gasteiger partial charge in [0.15, 0.2) is 0 Å². The molecule has 0 bridgehead atoms. The van der Waals surface area contributed by atoms with E-state index in [4.69, 9.17) is 11.3 Å². The first-order valence-corrected chi connectivity index (χ1v) is 16.6. The highest BCUT2D eigenvalue weighted by Crippen LogP contribution is 2.44. The Morgan fingerprint density at radius 2 is 0.960 bits per heavy atom. The van der Waals surface area contributed by atoms with Crippen LogP contribution in [0.1, 0.15) is 6.85 Å². The summed E-state index contributed by atoms with van der Waals surface area (Å²) in [7, 11) is 0. The Bertz CT molecular complexity index is 2820. The summed E-state index contributed by atoms with van der Waals surface area (Å²) in [5.74, 6) is 0. The summed E-state index contributed by atoms with van der Waals surface area (Å²) in [5.41, 5.74) is 11.8. The fourth-order valence-corrected chi connectivity index (χ4v) is 6.79. The first-order chi connectivity index (χ1) is 26.9. The molecule has 1 aromatic heterocycles. The Kier molecular flexibility index (Phi) is 6.25. The van der Waals surface area contributed by atoms with Gasteiger partial charge >= 0.3 is 0 Å². The Morgan fingerprint density at radius 1 is 0.400 bits per heavy atom. The van der Waals surface area contributed by atoms with Crippen LogP contribution in [0.4, 0.5) is 17.1 Å². The number of nitrogens with zero attached hydrogens (tertiary/aromatic N) is 1. The van der Waals surface area contributed by atoms with Gasteiger partial charge in [0, 0.05) is 16.8 Å². The van der Waals surface area contributed by atoms with E-state index < -0.39 is 6.04 Å². The second-order valence-electron chi connectivity index (χ2n) is 12.2. The van der Waals surface area contributed by atoms with Crippen molar-refractivity contribution in [2.75, 3.05) is 4.90 Å². The molecule has 50 heavy (non-hydrogen) atoms. The molecule has 0 saturated carbocycles. The quantitative estimate of drug-likeness (QED) is 0.172. The second kappa shape index (κ2) is 12.8. The molecule has 2 nitrogen and oxygen atoms in total. The van der Waals surface area contributed by atoms with E-state index in [1.165, 1.54) is 5.56 Å². The smallest absolute Gasteiger partial charge is 0.137 e. The van der Waals surface area contributed by atoms with Crippen molar-refractivity contribution in [1.29, 1.82) is 0 Å².